The fourth-order valence-electron chi connectivity index (χ4n) is 7.26. The van der Waals surface area contributed by atoms with Gasteiger partial charge in [-0.1, -0.05) is 62.2 Å². The molecule has 8 rings (SSSR count). The molecule has 4 aromatic rings. The van der Waals surface area contributed by atoms with Gasteiger partial charge in [-0.15, -0.1) is 0 Å². The number of para-hydroxylation sites is 4. The van der Waals surface area contributed by atoms with E-state index in [1.54, 1.807) is 0 Å². The molecule has 36 heavy (non-hydrogen) atoms. The molecular formula is C32H28N2O2. The molecule has 1 saturated carbocycles. The Labute approximate surface area is 211 Å². The van der Waals surface area contributed by atoms with Crippen LogP contribution in [0.5, 0.6) is 23.0 Å². The van der Waals surface area contributed by atoms with E-state index in [0.29, 0.717) is 0 Å². The van der Waals surface area contributed by atoms with E-state index in [4.69, 9.17) is 9.47 Å². The van der Waals surface area contributed by atoms with Crippen LogP contribution in [0, 0.1) is 0 Å². The van der Waals surface area contributed by atoms with Crippen LogP contribution in [0.3, 0.4) is 0 Å². The lowest BCUT2D eigenvalue weighted by Gasteiger charge is -2.52. The molecule has 0 amide bonds. The van der Waals surface area contributed by atoms with Gasteiger partial charge in [0.15, 0.2) is 17.2 Å². The Hall–Kier alpha value is -3.92. The number of hydrogen-bond donors (Lipinski definition) is 0. The lowest BCUT2D eigenvalue weighted by Crippen LogP contribution is -2.55. The summed E-state index contributed by atoms with van der Waals surface area (Å²) in [6, 6.07) is 29.5. The third-order valence-corrected chi connectivity index (χ3v) is 9.17. The summed E-state index contributed by atoms with van der Waals surface area (Å²) >= 11 is 0. The van der Waals surface area contributed by atoms with E-state index in [2.05, 4.69) is 72.2 Å². The molecule has 0 N–H and O–H groups in total. The Bertz CT molecular complexity index is 1550. The second-order valence-corrected chi connectivity index (χ2v) is 10.9. The van der Waals surface area contributed by atoms with E-state index in [1.165, 1.54) is 48.3 Å². The third kappa shape index (κ3) is 2.35. The van der Waals surface area contributed by atoms with E-state index in [-0.39, 0.29) is 11.0 Å². The molecule has 0 saturated heterocycles. The first-order chi connectivity index (χ1) is 17.6. The van der Waals surface area contributed by atoms with Crippen LogP contribution in [-0.2, 0) is 5.41 Å². The molecule has 3 aliphatic heterocycles. The molecule has 1 fully saturated rings. The number of hydrogen-bond acceptors (Lipinski definition) is 4. The minimum Gasteiger partial charge on any atom is -0.453 e. The van der Waals surface area contributed by atoms with Crippen LogP contribution in [0.25, 0.3) is 0 Å². The van der Waals surface area contributed by atoms with Crippen LogP contribution in [0.2, 0.25) is 0 Å². The predicted molar refractivity (Wildman–Crippen MR) is 144 cm³/mol. The van der Waals surface area contributed by atoms with Gasteiger partial charge in [-0.05, 0) is 67.8 Å². The highest BCUT2D eigenvalue weighted by molar-refractivity contribution is 6.06. The number of benzene rings is 4. The summed E-state index contributed by atoms with van der Waals surface area (Å²) in [7, 11) is 0. The monoisotopic (exact) mass is 472 g/mol. The molecule has 0 spiro atoms. The van der Waals surface area contributed by atoms with Crippen molar-refractivity contribution in [1.29, 1.82) is 0 Å². The molecule has 4 aliphatic rings. The molecule has 178 valence electrons. The van der Waals surface area contributed by atoms with Gasteiger partial charge >= 0.3 is 0 Å². The average molecular weight is 473 g/mol. The standard InChI is InChI=1S/C32H28N2O2/c1-31-19-6-7-20-32(31,2)34-24-15-9-17-26-29(24)33(23-14-8-13-22(31)28(23)34)25-16-10-18-27(30(25)36-26)35-21-11-4-3-5-12-21/h3-5,8-18H,6-7,19-20H2,1-2H3. The summed E-state index contributed by atoms with van der Waals surface area (Å²) in [5.74, 6) is 3.14. The predicted octanol–water partition coefficient (Wildman–Crippen LogP) is 9.11. The fourth-order valence-corrected chi connectivity index (χ4v) is 7.26. The first-order valence-electron chi connectivity index (χ1n) is 13.0. The Morgan fingerprint density at radius 2 is 1.47 bits per heavy atom. The van der Waals surface area contributed by atoms with Crippen LogP contribution in [0.1, 0.15) is 45.1 Å². The molecule has 0 bridgehead atoms. The second-order valence-electron chi connectivity index (χ2n) is 10.9. The normalized spacial score (nSPS) is 24.3. The molecule has 3 heterocycles. The number of anilines is 5. The third-order valence-electron chi connectivity index (χ3n) is 9.17. The van der Waals surface area contributed by atoms with Gasteiger partial charge in [0.25, 0.3) is 0 Å². The highest BCUT2D eigenvalue weighted by Crippen LogP contribution is 2.70. The lowest BCUT2D eigenvalue weighted by atomic mass is 9.61. The molecule has 4 heteroatoms. The van der Waals surface area contributed by atoms with Crippen molar-refractivity contribution in [3.63, 3.8) is 0 Å². The van der Waals surface area contributed by atoms with Crippen LogP contribution in [0.4, 0.5) is 28.4 Å². The van der Waals surface area contributed by atoms with Gasteiger partial charge in [-0.25, -0.2) is 0 Å². The minimum absolute atomic E-state index is 0.0312. The first-order valence-corrected chi connectivity index (χ1v) is 13.0. The van der Waals surface area contributed by atoms with E-state index in [1.807, 2.05) is 36.4 Å². The van der Waals surface area contributed by atoms with Gasteiger partial charge in [0.05, 0.1) is 28.3 Å². The number of ether oxygens (including phenoxy) is 2. The van der Waals surface area contributed by atoms with Crippen molar-refractivity contribution >= 4 is 28.4 Å². The van der Waals surface area contributed by atoms with Gasteiger partial charge in [0.2, 0.25) is 0 Å². The minimum atomic E-state index is 0.0312. The Morgan fingerprint density at radius 1 is 0.722 bits per heavy atom. The zero-order valence-corrected chi connectivity index (χ0v) is 20.6. The van der Waals surface area contributed by atoms with Crippen LogP contribution < -0.4 is 19.3 Å². The molecule has 0 radical (unpaired) electrons. The van der Waals surface area contributed by atoms with Crippen molar-refractivity contribution < 1.29 is 9.47 Å². The van der Waals surface area contributed by atoms with E-state index in [0.717, 1.165) is 34.4 Å². The largest absolute Gasteiger partial charge is 0.453 e. The summed E-state index contributed by atoms with van der Waals surface area (Å²) in [6.07, 6.45) is 4.96. The zero-order valence-electron chi connectivity index (χ0n) is 20.6. The topological polar surface area (TPSA) is 24.9 Å². The summed E-state index contributed by atoms with van der Waals surface area (Å²) in [5, 5.41) is 0. The van der Waals surface area contributed by atoms with Gasteiger partial charge in [-0.3, -0.25) is 4.90 Å². The quantitative estimate of drug-likeness (QED) is 0.256. The maximum Gasteiger partial charge on any atom is 0.193 e. The number of fused-ring (bicyclic) bond motifs is 7. The Kier molecular flexibility index (Phi) is 3.86. The second kappa shape index (κ2) is 6.85. The molecule has 4 aromatic carbocycles. The van der Waals surface area contributed by atoms with Crippen molar-refractivity contribution in [2.75, 3.05) is 9.80 Å². The highest BCUT2D eigenvalue weighted by Gasteiger charge is 2.60. The van der Waals surface area contributed by atoms with Gasteiger partial charge in [0, 0.05) is 5.41 Å². The molecule has 0 aromatic heterocycles. The lowest BCUT2D eigenvalue weighted by molar-refractivity contribution is 0.195. The Balaban J connectivity index is 1.39. The maximum atomic E-state index is 6.65. The maximum absolute atomic E-state index is 6.65. The van der Waals surface area contributed by atoms with Crippen molar-refractivity contribution in [3.05, 3.63) is 90.5 Å². The summed E-state index contributed by atoms with van der Waals surface area (Å²) in [5.41, 5.74) is 7.58. The highest BCUT2D eigenvalue weighted by atomic mass is 16.5. The molecular weight excluding hydrogens is 444 g/mol. The van der Waals surface area contributed by atoms with Gasteiger partial charge in [0.1, 0.15) is 11.4 Å². The summed E-state index contributed by atoms with van der Waals surface area (Å²) < 4.78 is 13.0. The molecule has 4 nitrogen and oxygen atoms in total. The Morgan fingerprint density at radius 3 is 2.36 bits per heavy atom. The first kappa shape index (κ1) is 20.3. The summed E-state index contributed by atoms with van der Waals surface area (Å²) in [4.78, 5) is 5.06. The fraction of sp³-hybridized carbons (Fsp3) is 0.250. The van der Waals surface area contributed by atoms with Gasteiger partial charge < -0.3 is 14.4 Å². The van der Waals surface area contributed by atoms with E-state index < -0.39 is 0 Å². The van der Waals surface area contributed by atoms with Crippen molar-refractivity contribution in [1.82, 2.24) is 0 Å². The number of rotatable bonds is 2. The smallest absolute Gasteiger partial charge is 0.193 e. The zero-order chi connectivity index (χ0) is 24.1. The van der Waals surface area contributed by atoms with Crippen LogP contribution in [-0.4, -0.2) is 5.54 Å². The van der Waals surface area contributed by atoms with Crippen molar-refractivity contribution in [2.45, 2.75) is 50.5 Å². The van der Waals surface area contributed by atoms with E-state index >= 15 is 0 Å². The molecule has 2 atom stereocenters. The SMILES string of the molecule is CC12CCCCC1(C)N1c3cccc4c3N(c3cccc(Oc5ccccc5)c3O4)c3cccc2c31. The van der Waals surface area contributed by atoms with Crippen LogP contribution >= 0.6 is 0 Å². The van der Waals surface area contributed by atoms with Gasteiger partial charge in [-0.2, -0.15) is 0 Å². The van der Waals surface area contributed by atoms with Crippen molar-refractivity contribution in [2.24, 2.45) is 0 Å². The van der Waals surface area contributed by atoms with E-state index in [9.17, 15) is 0 Å². The molecule has 2 unspecified atom stereocenters. The number of nitrogens with zero attached hydrogens (tertiary/aromatic N) is 2. The van der Waals surface area contributed by atoms with Crippen LogP contribution in [0.15, 0.2) is 84.9 Å². The molecule has 1 aliphatic carbocycles. The average Bonchev–Trinajstić information content (AvgIpc) is 3.12. The summed E-state index contributed by atoms with van der Waals surface area (Å²) in [6.45, 7) is 4.97. The van der Waals surface area contributed by atoms with Crippen molar-refractivity contribution in [3.8, 4) is 23.0 Å².